The van der Waals surface area contributed by atoms with Gasteiger partial charge in [0.05, 0.1) is 28.7 Å². The summed E-state index contributed by atoms with van der Waals surface area (Å²) in [5, 5.41) is 14.5. The molecule has 1 aromatic carbocycles. The van der Waals surface area contributed by atoms with Crippen LogP contribution in [0.1, 0.15) is 84.2 Å². The topological polar surface area (TPSA) is 88.7 Å². The van der Waals surface area contributed by atoms with Crippen molar-refractivity contribution in [1.82, 2.24) is 10.1 Å². The Hall–Kier alpha value is -2.52. The van der Waals surface area contributed by atoms with Crippen molar-refractivity contribution in [1.29, 1.82) is 0 Å². The lowest BCUT2D eigenvalue weighted by molar-refractivity contribution is 0.0696. The summed E-state index contributed by atoms with van der Waals surface area (Å²) in [5.41, 5.74) is 2.59. The van der Waals surface area contributed by atoms with Crippen LogP contribution >= 0.6 is 11.3 Å². The van der Waals surface area contributed by atoms with E-state index in [1.165, 1.54) is 48.6 Å². The summed E-state index contributed by atoms with van der Waals surface area (Å²) in [6.07, 6.45) is 8.31. The van der Waals surface area contributed by atoms with Gasteiger partial charge in [0, 0.05) is 35.4 Å². The fourth-order valence-electron chi connectivity index (χ4n) is 6.75. The lowest BCUT2D eigenvalue weighted by Crippen LogP contribution is -2.41. The standard InChI is InChI=1S/C26H26FN3O4S/c27-17-7-13(25(31)32)8-19-22(17)28-26(35-19)30-14-5-6-18(30)20-15(9-14)24(20)33-10-16-21(11-1-2-11)29-34-23(16)12-3-4-12/h7-8,11-12,14-15,18,20,24H,1-6,9-10H2,(H,31,32)/t14?,15?,18?,20?,24-/m0/s1. The predicted octanol–water partition coefficient (Wildman–Crippen LogP) is 5.45. The number of piperidine rings is 1. The molecular formula is C26H26FN3O4S. The maximum atomic E-state index is 14.6. The van der Waals surface area contributed by atoms with Crippen molar-refractivity contribution in [2.45, 2.75) is 81.6 Å². The van der Waals surface area contributed by atoms with Gasteiger partial charge in [-0.2, -0.15) is 0 Å². The number of carboxylic acids is 1. The quantitative estimate of drug-likeness (QED) is 0.466. The molecule has 3 saturated carbocycles. The van der Waals surface area contributed by atoms with Crippen molar-refractivity contribution in [3.8, 4) is 0 Å². The molecule has 2 bridgehead atoms. The lowest BCUT2D eigenvalue weighted by Gasteiger charge is -2.33. The van der Waals surface area contributed by atoms with Crippen LogP contribution in [-0.2, 0) is 11.3 Å². The number of thiazole rings is 1. The van der Waals surface area contributed by atoms with Gasteiger partial charge in [0.25, 0.3) is 0 Å². The van der Waals surface area contributed by atoms with Crippen LogP contribution in [-0.4, -0.2) is 39.4 Å². The third kappa shape index (κ3) is 3.20. The summed E-state index contributed by atoms with van der Waals surface area (Å²) < 4.78 is 27.5. The summed E-state index contributed by atoms with van der Waals surface area (Å²) in [7, 11) is 0. The molecule has 9 heteroatoms. The number of ether oxygens (including phenoxy) is 1. The molecule has 3 aromatic rings. The summed E-state index contributed by atoms with van der Waals surface area (Å²) >= 11 is 1.40. The second-order valence-electron chi connectivity index (χ2n) is 11.0. The highest BCUT2D eigenvalue weighted by Crippen LogP contribution is 2.59. The van der Waals surface area contributed by atoms with E-state index in [0.717, 1.165) is 41.9 Å². The SMILES string of the molecule is O=C(O)c1cc(F)c2nc(N3C4CCC3C3C(C4)[C@@H]3OCc3c(C4CC4)noc3C3CC3)sc2c1. The number of hydrogen-bond donors (Lipinski definition) is 1. The van der Waals surface area contributed by atoms with Crippen LogP contribution in [0.3, 0.4) is 0 Å². The van der Waals surface area contributed by atoms with Crippen molar-refractivity contribution in [2.75, 3.05) is 4.90 Å². The minimum absolute atomic E-state index is 0.0348. The molecule has 1 N–H and O–H groups in total. The molecule has 0 radical (unpaired) electrons. The fraction of sp³-hybridized carbons (Fsp3) is 0.577. The highest BCUT2D eigenvalue weighted by atomic mass is 32.1. The van der Waals surface area contributed by atoms with Crippen molar-refractivity contribution >= 4 is 32.7 Å². The molecule has 5 aliphatic rings. The first-order valence-corrected chi connectivity index (χ1v) is 13.6. The lowest BCUT2D eigenvalue weighted by atomic mass is 10.0. The molecule has 3 aliphatic carbocycles. The van der Waals surface area contributed by atoms with E-state index in [1.54, 1.807) is 0 Å². The Morgan fingerprint density at radius 3 is 2.80 bits per heavy atom. The average Bonchev–Trinajstić information content (AvgIpc) is 3.79. The van der Waals surface area contributed by atoms with E-state index in [9.17, 15) is 14.3 Å². The van der Waals surface area contributed by atoms with Gasteiger partial charge in [-0.15, -0.1) is 0 Å². The first-order valence-electron chi connectivity index (χ1n) is 12.8. The van der Waals surface area contributed by atoms with Gasteiger partial charge >= 0.3 is 5.97 Å². The molecule has 2 aliphatic heterocycles. The highest BCUT2D eigenvalue weighted by Gasteiger charge is 2.63. The largest absolute Gasteiger partial charge is 0.478 e. The Balaban J connectivity index is 1.03. The monoisotopic (exact) mass is 495 g/mol. The molecule has 0 spiro atoms. The Bertz CT molecular complexity index is 1330. The third-order valence-corrected chi connectivity index (χ3v) is 9.79. The second-order valence-corrected chi connectivity index (χ2v) is 12.0. The molecule has 5 fully saturated rings. The van der Waals surface area contributed by atoms with Gasteiger partial charge in [-0.1, -0.05) is 16.5 Å². The van der Waals surface area contributed by atoms with Crippen LogP contribution in [0.2, 0.25) is 0 Å². The summed E-state index contributed by atoms with van der Waals surface area (Å²) in [6.45, 7) is 0.598. The van der Waals surface area contributed by atoms with E-state index in [-0.39, 0.29) is 17.2 Å². The molecule has 0 amide bonds. The molecule has 2 aromatic heterocycles. The van der Waals surface area contributed by atoms with Gasteiger partial charge in [0.15, 0.2) is 10.9 Å². The van der Waals surface area contributed by atoms with Crippen LogP contribution in [0, 0.1) is 17.7 Å². The molecule has 35 heavy (non-hydrogen) atoms. The van der Waals surface area contributed by atoms with Gasteiger partial charge < -0.3 is 19.3 Å². The van der Waals surface area contributed by atoms with E-state index in [4.69, 9.17) is 9.26 Å². The maximum Gasteiger partial charge on any atom is 0.335 e. The van der Waals surface area contributed by atoms with Crippen LogP contribution in [0.5, 0.6) is 0 Å². The number of nitrogens with zero attached hydrogens (tertiary/aromatic N) is 3. The van der Waals surface area contributed by atoms with Crippen molar-refractivity contribution in [3.63, 3.8) is 0 Å². The average molecular weight is 496 g/mol. The van der Waals surface area contributed by atoms with E-state index in [2.05, 4.69) is 15.0 Å². The number of halogens is 1. The minimum atomic E-state index is -1.12. The summed E-state index contributed by atoms with van der Waals surface area (Å²) in [4.78, 5) is 18.4. The zero-order valence-corrected chi connectivity index (χ0v) is 20.0. The van der Waals surface area contributed by atoms with Gasteiger partial charge in [0.2, 0.25) is 0 Å². The normalized spacial score (nSPS) is 31.2. The molecular weight excluding hydrogens is 469 g/mol. The Morgan fingerprint density at radius 2 is 2.03 bits per heavy atom. The molecule has 182 valence electrons. The molecule has 4 unspecified atom stereocenters. The number of aromatic nitrogens is 2. The highest BCUT2D eigenvalue weighted by molar-refractivity contribution is 7.22. The zero-order chi connectivity index (χ0) is 23.4. The van der Waals surface area contributed by atoms with E-state index in [0.29, 0.717) is 47.1 Å². The van der Waals surface area contributed by atoms with Crippen LogP contribution in [0.15, 0.2) is 16.7 Å². The molecule has 2 saturated heterocycles. The summed E-state index contributed by atoms with van der Waals surface area (Å²) in [5.74, 6) is 1.50. The number of benzene rings is 1. The Kier molecular flexibility index (Phi) is 4.28. The van der Waals surface area contributed by atoms with Crippen molar-refractivity contribution in [2.24, 2.45) is 11.8 Å². The molecule has 5 atom stereocenters. The first-order chi connectivity index (χ1) is 17.1. The number of fused-ring (bicyclic) bond motifs is 5. The van der Waals surface area contributed by atoms with Gasteiger partial charge in [-0.3, -0.25) is 0 Å². The number of aromatic carboxylic acids is 1. The fourth-order valence-corrected chi connectivity index (χ4v) is 7.90. The number of carbonyl (C=O) groups is 1. The first kappa shape index (κ1) is 20.7. The number of anilines is 1. The number of rotatable bonds is 7. The van der Waals surface area contributed by atoms with E-state index in [1.807, 2.05) is 0 Å². The number of carboxylic acid groups (broad SMARTS) is 1. The second kappa shape index (κ2) is 7.26. The third-order valence-electron chi connectivity index (χ3n) is 8.78. The Morgan fingerprint density at radius 1 is 1.20 bits per heavy atom. The van der Waals surface area contributed by atoms with Crippen molar-refractivity contribution in [3.05, 3.63) is 40.5 Å². The molecule has 7 nitrogen and oxygen atoms in total. The van der Waals surface area contributed by atoms with E-state index < -0.39 is 11.8 Å². The number of hydrogen-bond acceptors (Lipinski definition) is 7. The van der Waals surface area contributed by atoms with Crippen molar-refractivity contribution < 1.29 is 23.6 Å². The molecule has 8 rings (SSSR count). The van der Waals surface area contributed by atoms with Gasteiger partial charge in [-0.05, 0) is 63.0 Å². The van der Waals surface area contributed by atoms with Gasteiger partial charge in [-0.25, -0.2) is 14.2 Å². The van der Waals surface area contributed by atoms with Gasteiger partial charge in [0.1, 0.15) is 11.3 Å². The summed E-state index contributed by atoms with van der Waals surface area (Å²) in [6, 6.07) is 3.33. The van der Waals surface area contributed by atoms with Crippen LogP contribution < -0.4 is 4.90 Å². The smallest absolute Gasteiger partial charge is 0.335 e. The van der Waals surface area contributed by atoms with Crippen LogP contribution in [0.25, 0.3) is 10.2 Å². The Labute approximate surface area is 205 Å². The maximum absolute atomic E-state index is 14.6. The zero-order valence-electron chi connectivity index (χ0n) is 19.2. The van der Waals surface area contributed by atoms with E-state index >= 15 is 0 Å². The molecule has 4 heterocycles. The predicted molar refractivity (Wildman–Crippen MR) is 126 cm³/mol. The minimum Gasteiger partial charge on any atom is -0.478 e. The van der Waals surface area contributed by atoms with Crippen LogP contribution in [0.4, 0.5) is 9.52 Å².